The zero-order chi connectivity index (χ0) is 15.7. The van der Waals surface area contributed by atoms with Gasteiger partial charge in [-0.3, -0.25) is 4.79 Å². The molecule has 2 atom stereocenters. The van der Waals surface area contributed by atoms with Crippen LogP contribution in [0.5, 0.6) is 0 Å². The number of hydrogen-bond acceptors (Lipinski definition) is 4. The number of carboxylic acid groups (broad SMARTS) is 1. The van der Waals surface area contributed by atoms with Gasteiger partial charge in [-0.1, -0.05) is 19.8 Å². The van der Waals surface area contributed by atoms with Crippen LogP contribution in [-0.4, -0.2) is 47.6 Å². The number of amides is 1. The maximum absolute atomic E-state index is 12.2. The molecule has 0 spiro atoms. The fourth-order valence-corrected chi connectivity index (χ4v) is 2.64. The quantitative estimate of drug-likeness (QED) is 0.705. The highest BCUT2D eigenvalue weighted by Crippen LogP contribution is 2.17. The molecule has 1 aliphatic rings. The topological polar surface area (TPSA) is 93.4 Å². The fraction of sp³-hybridized carbons (Fsp3) is 0.800. The second-order valence-corrected chi connectivity index (χ2v) is 5.59. The summed E-state index contributed by atoms with van der Waals surface area (Å²) in [6, 6.07) is 1.32. The van der Waals surface area contributed by atoms with E-state index < -0.39 is 12.0 Å². The number of hydrogen-bond donors (Lipinski definition) is 2. The summed E-state index contributed by atoms with van der Waals surface area (Å²) in [7, 11) is 0. The Morgan fingerprint density at radius 1 is 1.52 bits per heavy atom. The highest BCUT2D eigenvalue weighted by atomic mass is 16.4. The lowest BCUT2D eigenvalue weighted by molar-refractivity contribution is -0.143. The number of likely N-dealkylation sites (tertiary alicyclic amines) is 1. The summed E-state index contributed by atoms with van der Waals surface area (Å²) in [5.41, 5.74) is 0. The monoisotopic (exact) mass is 295 g/mol. The van der Waals surface area contributed by atoms with Crippen molar-refractivity contribution in [2.24, 2.45) is 5.92 Å². The van der Waals surface area contributed by atoms with Crippen LogP contribution in [0.2, 0.25) is 0 Å². The first kappa shape index (κ1) is 17.4. The molecular weight excluding hydrogens is 270 g/mol. The number of aliphatic carboxylic acids is 1. The molecule has 21 heavy (non-hydrogen) atoms. The van der Waals surface area contributed by atoms with Crippen LogP contribution < -0.4 is 5.32 Å². The third-order valence-electron chi connectivity index (χ3n) is 3.88. The van der Waals surface area contributed by atoms with E-state index in [9.17, 15) is 9.59 Å². The minimum atomic E-state index is -0.964. The van der Waals surface area contributed by atoms with E-state index in [2.05, 4.69) is 16.3 Å². The molecule has 2 N–H and O–H groups in total. The number of carboxylic acids is 1. The molecule has 0 radical (unpaired) electrons. The van der Waals surface area contributed by atoms with Crippen LogP contribution in [-0.2, 0) is 9.59 Å². The Morgan fingerprint density at radius 3 is 2.90 bits per heavy atom. The van der Waals surface area contributed by atoms with Gasteiger partial charge in [-0.05, 0) is 25.8 Å². The van der Waals surface area contributed by atoms with Crippen LogP contribution in [0, 0.1) is 17.2 Å². The molecule has 118 valence electrons. The van der Waals surface area contributed by atoms with Gasteiger partial charge >= 0.3 is 5.97 Å². The molecule has 1 aliphatic heterocycles. The summed E-state index contributed by atoms with van der Waals surface area (Å²) in [5, 5.41) is 20.4. The highest BCUT2D eigenvalue weighted by Gasteiger charge is 2.28. The van der Waals surface area contributed by atoms with Crippen molar-refractivity contribution in [3.8, 4) is 6.07 Å². The molecule has 0 aliphatic carbocycles. The van der Waals surface area contributed by atoms with Crippen molar-refractivity contribution in [3.05, 3.63) is 0 Å². The van der Waals surface area contributed by atoms with Crippen LogP contribution in [0.15, 0.2) is 0 Å². The average Bonchev–Trinajstić information content (AvgIpc) is 2.49. The Bertz CT molecular complexity index is 392. The van der Waals surface area contributed by atoms with E-state index in [0.29, 0.717) is 25.9 Å². The maximum Gasteiger partial charge on any atom is 0.326 e. The van der Waals surface area contributed by atoms with Crippen molar-refractivity contribution in [1.29, 1.82) is 5.26 Å². The molecule has 1 saturated heterocycles. The molecule has 2 unspecified atom stereocenters. The molecular formula is C15H25N3O3. The first-order chi connectivity index (χ1) is 10.1. The standard InChI is InChI=1S/C15H25N3O3/c1-2-3-7-13(15(20)21)17-14(19)12-6-4-9-18(11-12)10-5-8-16/h12-13H,2-7,9-11H2,1H3,(H,17,19)(H,20,21). The van der Waals surface area contributed by atoms with Gasteiger partial charge in [0.25, 0.3) is 0 Å². The van der Waals surface area contributed by atoms with Gasteiger partial charge in [0.1, 0.15) is 6.04 Å². The Kier molecular flexibility index (Phi) is 7.76. The van der Waals surface area contributed by atoms with Crippen molar-refractivity contribution in [2.75, 3.05) is 19.6 Å². The molecule has 0 aromatic carbocycles. The van der Waals surface area contributed by atoms with Gasteiger partial charge in [0.2, 0.25) is 5.91 Å². The molecule has 1 amide bonds. The van der Waals surface area contributed by atoms with Crippen LogP contribution in [0.4, 0.5) is 0 Å². The number of nitriles is 1. The largest absolute Gasteiger partial charge is 0.480 e. The molecule has 1 fully saturated rings. The van der Waals surface area contributed by atoms with E-state index >= 15 is 0 Å². The second-order valence-electron chi connectivity index (χ2n) is 5.59. The van der Waals surface area contributed by atoms with Gasteiger partial charge in [-0.25, -0.2) is 4.79 Å². The molecule has 6 heteroatoms. The summed E-state index contributed by atoms with van der Waals surface area (Å²) in [6.07, 6.45) is 4.33. The van der Waals surface area contributed by atoms with E-state index in [1.807, 2.05) is 6.92 Å². The van der Waals surface area contributed by atoms with Gasteiger partial charge in [0, 0.05) is 19.5 Å². The normalized spacial score (nSPS) is 20.5. The lowest BCUT2D eigenvalue weighted by Crippen LogP contribution is -2.48. The van der Waals surface area contributed by atoms with Crippen LogP contribution in [0.3, 0.4) is 0 Å². The Morgan fingerprint density at radius 2 is 2.29 bits per heavy atom. The van der Waals surface area contributed by atoms with Crippen molar-refractivity contribution < 1.29 is 14.7 Å². The van der Waals surface area contributed by atoms with Crippen LogP contribution in [0.25, 0.3) is 0 Å². The number of carbonyl (C=O) groups excluding carboxylic acids is 1. The van der Waals surface area contributed by atoms with Crippen LogP contribution >= 0.6 is 0 Å². The van der Waals surface area contributed by atoms with Gasteiger partial charge in [0.05, 0.1) is 12.0 Å². The molecule has 1 rings (SSSR count). The van der Waals surface area contributed by atoms with Crippen molar-refractivity contribution in [2.45, 2.75) is 51.5 Å². The lowest BCUT2D eigenvalue weighted by atomic mass is 9.96. The molecule has 0 bridgehead atoms. The van der Waals surface area contributed by atoms with E-state index in [0.717, 1.165) is 32.2 Å². The van der Waals surface area contributed by atoms with E-state index in [-0.39, 0.29) is 11.8 Å². The molecule has 0 aromatic rings. The number of piperidine rings is 1. The van der Waals surface area contributed by atoms with Crippen molar-refractivity contribution >= 4 is 11.9 Å². The van der Waals surface area contributed by atoms with Crippen molar-refractivity contribution in [1.82, 2.24) is 10.2 Å². The summed E-state index contributed by atoms with van der Waals surface area (Å²) in [6.45, 7) is 4.20. The smallest absolute Gasteiger partial charge is 0.326 e. The summed E-state index contributed by atoms with van der Waals surface area (Å²) in [4.78, 5) is 25.5. The number of nitrogens with zero attached hydrogens (tertiary/aromatic N) is 2. The molecule has 0 saturated carbocycles. The molecule has 0 aromatic heterocycles. The van der Waals surface area contributed by atoms with Gasteiger partial charge in [-0.15, -0.1) is 0 Å². The Hall–Kier alpha value is -1.61. The van der Waals surface area contributed by atoms with E-state index in [1.165, 1.54) is 0 Å². The number of rotatable bonds is 8. The average molecular weight is 295 g/mol. The molecule has 6 nitrogen and oxygen atoms in total. The predicted molar refractivity (Wildman–Crippen MR) is 78.5 cm³/mol. The minimum Gasteiger partial charge on any atom is -0.480 e. The van der Waals surface area contributed by atoms with E-state index in [4.69, 9.17) is 10.4 Å². The van der Waals surface area contributed by atoms with Gasteiger partial charge in [0.15, 0.2) is 0 Å². The zero-order valence-electron chi connectivity index (χ0n) is 12.7. The third-order valence-corrected chi connectivity index (χ3v) is 3.88. The highest BCUT2D eigenvalue weighted by molar-refractivity contribution is 5.85. The van der Waals surface area contributed by atoms with Crippen LogP contribution in [0.1, 0.15) is 45.4 Å². The predicted octanol–water partition coefficient (Wildman–Crippen LogP) is 1.37. The third kappa shape index (κ3) is 6.13. The number of carbonyl (C=O) groups is 2. The minimum absolute atomic E-state index is 0.166. The van der Waals surface area contributed by atoms with E-state index in [1.54, 1.807) is 0 Å². The summed E-state index contributed by atoms with van der Waals surface area (Å²) < 4.78 is 0. The maximum atomic E-state index is 12.2. The van der Waals surface area contributed by atoms with Gasteiger partial charge < -0.3 is 15.3 Å². The fourth-order valence-electron chi connectivity index (χ4n) is 2.64. The van der Waals surface area contributed by atoms with Gasteiger partial charge in [-0.2, -0.15) is 5.26 Å². The summed E-state index contributed by atoms with van der Waals surface area (Å²) in [5.74, 6) is -1.30. The second kappa shape index (κ2) is 9.35. The molecule has 1 heterocycles. The summed E-state index contributed by atoms with van der Waals surface area (Å²) >= 11 is 0. The SMILES string of the molecule is CCCCC(NC(=O)C1CCCN(CCC#N)C1)C(=O)O. The zero-order valence-corrected chi connectivity index (χ0v) is 12.7. The first-order valence-corrected chi connectivity index (χ1v) is 7.71. The first-order valence-electron chi connectivity index (χ1n) is 7.71. The Labute approximate surface area is 126 Å². The number of nitrogens with one attached hydrogen (secondary N) is 1. The lowest BCUT2D eigenvalue weighted by Gasteiger charge is -2.32. The number of unbranched alkanes of at least 4 members (excludes halogenated alkanes) is 1. The Balaban J connectivity index is 2.48. The van der Waals surface area contributed by atoms with Crippen molar-refractivity contribution in [3.63, 3.8) is 0 Å².